The summed E-state index contributed by atoms with van der Waals surface area (Å²) in [5.74, 6) is -10.5. The van der Waals surface area contributed by atoms with Crippen LogP contribution in [0.3, 0.4) is 0 Å². The van der Waals surface area contributed by atoms with Gasteiger partial charge in [-0.1, -0.05) is 27.2 Å². The van der Waals surface area contributed by atoms with Gasteiger partial charge in [0.15, 0.2) is 11.6 Å². The third-order valence-electron chi connectivity index (χ3n) is 3.64. The fraction of sp³-hybridized carbons (Fsp3) is 0.556. The molecule has 0 radical (unpaired) electrons. The van der Waals surface area contributed by atoms with Crippen LogP contribution in [0.5, 0.6) is 5.75 Å². The summed E-state index contributed by atoms with van der Waals surface area (Å²) in [5.41, 5.74) is -0.687. The van der Waals surface area contributed by atoms with E-state index in [9.17, 15) is 27.2 Å². The van der Waals surface area contributed by atoms with Crippen molar-refractivity contribution in [2.24, 2.45) is 5.41 Å². The third-order valence-corrected chi connectivity index (χ3v) is 3.64. The zero-order valence-electron chi connectivity index (χ0n) is 15.3. The molecule has 0 aromatic heterocycles. The summed E-state index contributed by atoms with van der Waals surface area (Å²) in [6.07, 6.45) is 1.73. The minimum absolute atomic E-state index is 0.181. The normalized spacial score (nSPS) is 11.4. The second kappa shape index (κ2) is 9.00. The molecule has 0 fully saturated rings. The lowest BCUT2D eigenvalue weighted by Gasteiger charge is -2.17. The van der Waals surface area contributed by atoms with E-state index in [2.05, 4.69) is 30.8 Å². The molecule has 146 valence electrons. The number of rotatable bonds is 7. The number of hydrogen-bond acceptors (Lipinski definition) is 3. The minimum atomic E-state index is -1.82. The number of amides is 1. The fourth-order valence-corrected chi connectivity index (χ4v) is 2.16. The fourth-order valence-electron chi connectivity index (χ4n) is 2.16. The Kier molecular flexibility index (Phi) is 7.59. The molecular weight excluding hydrogens is 354 g/mol. The van der Waals surface area contributed by atoms with E-state index >= 15 is 0 Å². The van der Waals surface area contributed by atoms with Crippen molar-refractivity contribution in [3.05, 3.63) is 28.8 Å². The number of halogens is 4. The number of carbonyl (C=O) groups excluding carboxylic acids is 2. The number of unbranched alkanes of at least 4 members (excludes halogenated alkanes) is 1. The zero-order valence-corrected chi connectivity index (χ0v) is 15.3. The number of hydrogen-bond donors (Lipinski definition) is 1. The molecule has 0 saturated carbocycles. The van der Waals surface area contributed by atoms with Crippen LogP contribution in [0.4, 0.5) is 17.6 Å². The van der Waals surface area contributed by atoms with Crippen molar-refractivity contribution in [2.45, 2.75) is 53.4 Å². The number of ether oxygens (including phenoxy) is 1. The molecule has 26 heavy (non-hydrogen) atoms. The number of carbonyl (C=O) groups is 2. The van der Waals surface area contributed by atoms with Crippen molar-refractivity contribution in [2.75, 3.05) is 6.54 Å². The molecule has 1 aromatic carbocycles. The maximum absolute atomic E-state index is 13.6. The SMILES string of the molecule is Cc1c(F)c(F)c(OC(=O)CC(=O)NCCCCC(C)(C)C)c(F)c1F. The van der Waals surface area contributed by atoms with E-state index < -0.39 is 52.9 Å². The Balaban J connectivity index is 2.54. The summed E-state index contributed by atoms with van der Waals surface area (Å²) in [7, 11) is 0. The van der Waals surface area contributed by atoms with Gasteiger partial charge >= 0.3 is 5.97 Å². The molecule has 0 bridgehead atoms. The smallest absolute Gasteiger partial charge is 0.320 e. The molecule has 1 N–H and O–H groups in total. The average molecular weight is 377 g/mol. The molecule has 1 amide bonds. The number of nitrogens with one attached hydrogen (secondary N) is 1. The lowest BCUT2D eigenvalue weighted by Crippen LogP contribution is -2.28. The van der Waals surface area contributed by atoms with Gasteiger partial charge in [-0.2, -0.15) is 8.78 Å². The van der Waals surface area contributed by atoms with Gasteiger partial charge in [-0.3, -0.25) is 9.59 Å². The van der Waals surface area contributed by atoms with Crippen molar-refractivity contribution < 1.29 is 31.9 Å². The van der Waals surface area contributed by atoms with Crippen LogP contribution in [0, 0.1) is 35.6 Å². The van der Waals surface area contributed by atoms with Crippen molar-refractivity contribution in [3.63, 3.8) is 0 Å². The second-order valence-electron chi connectivity index (χ2n) is 7.23. The van der Waals surface area contributed by atoms with Crippen LogP contribution >= 0.6 is 0 Å². The first kappa shape index (κ1) is 21.9. The van der Waals surface area contributed by atoms with Gasteiger partial charge in [0.25, 0.3) is 0 Å². The molecular formula is C18H23F4NO3. The van der Waals surface area contributed by atoms with E-state index in [1.54, 1.807) is 0 Å². The van der Waals surface area contributed by atoms with Crippen LogP contribution in [0.15, 0.2) is 0 Å². The molecule has 0 spiro atoms. The highest BCUT2D eigenvalue weighted by molar-refractivity contribution is 5.95. The van der Waals surface area contributed by atoms with Crippen molar-refractivity contribution >= 4 is 11.9 Å². The first-order chi connectivity index (χ1) is 11.9. The highest BCUT2D eigenvalue weighted by atomic mass is 19.2. The highest BCUT2D eigenvalue weighted by Gasteiger charge is 2.26. The lowest BCUT2D eigenvalue weighted by molar-refractivity contribution is -0.138. The third kappa shape index (κ3) is 6.31. The van der Waals surface area contributed by atoms with Gasteiger partial charge in [0.05, 0.1) is 0 Å². The van der Waals surface area contributed by atoms with Crippen molar-refractivity contribution in [3.8, 4) is 5.75 Å². The average Bonchev–Trinajstić information content (AvgIpc) is 2.53. The van der Waals surface area contributed by atoms with Crippen LogP contribution in [-0.4, -0.2) is 18.4 Å². The van der Waals surface area contributed by atoms with Gasteiger partial charge in [-0.05, 0) is 25.2 Å². The monoisotopic (exact) mass is 377 g/mol. The summed E-state index contributed by atoms with van der Waals surface area (Å²) in [5, 5.41) is 2.47. The molecule has 8 heteroatoms. The maximum Gasteiger partial charge on any atom is 0.320 e. The summed E-state index contributed by atoms with van der Waals surface area (Å²) in [6, 6.07) is 0. The number of esters is 1. The van der Waals surface area contributed by atoms with Gasteiger partial charge in [0, 0.05) is 12.1 Å². The van der Waals surface area contributed by atoms with Crippen LogP contribution in [0.1, 0.15) is 52.0 Å². The van der Waals surface area contributed by atoms with E-state index in [1.807, 2.05) is 0 Å². The standard InChI is InChI=1S/C18H23F4NO3/c1-10-13(19)15(21)17(16(22)14(10)20)26-12(25)9-11(24)23-8-6-5-7-18(2,3)4/h5-9H2,1-4H3,(H,23,24). The van der Waals surface area contributed by atoms with E-state index in [0.29, 0.717) is 13.0 Å². The molecule has 0 unspecified atom stereocenters. The van der Waals surface area contributed by atoms with Crippen LogP contribution < -0.4 is 10.1 Å². The predicted octanol–water partition coefficient (Wildman–Crippen LogP) is 4.18. The Morgan fingerprint density at radius 3 is 2.00 bits per heavy atom. The van der Waals surface area contributed by atoms with Gasteiger partial charge in [0.1, 0.15) is 6.42 Å². The molecule has 0 aliphatic carbocycles. The van der Waals surface area contributed by atoms with E-state index in [-0.39, 0.29) is 5.41 Å². The molecule has 0 aliphatic rings. The topological polar surface area (TPSA) is 55.4 Å². The maximum atomic E-state index is 13.6. The quantitative estimate of drug-likeness (QED) is 0.194. The molecule has 1 aromatic rings. The van der Waals surface area contributed by atoms with Crippen LogP contribution in [0.2, 0.25) is 0 Å². The number of benzene rings is 1. The molecule has 0 saturated heterocycles. The summed E-state index contributed by atoms with van der Waals surface area (Å²) < 4.78 is 58.4. The molecule has 4 nitrogen and oxygen atoms in total. The molecule has 0 heterocycles. The summed E-state index contributed by atoms with van der Waals surface area (Å²) in [4.78, 5) is 23.2. The van der Waals surface area contributed by atoms with Gasteiger partial charge in [-0.25, -0.2) is 8.78 Å². The Hall–Kier alpha value is -2.12. The minimum Gasteiger partial charge on any atom is -0.420 e. The van der Waals surface area contributed by atoms with E-state index in [1.165, 1.54) is 0 Å². The first-order valence-corrected chi connectivity index (χ1v) is 8.24. The Labute approximate surface area is 149 Å². The largest absolute Gasteiger partial charge is 0.420 e. The Bertz CT molecular complexity index is 655. The predicted molar refractivity (Wildman–Crippen MR) is 87.6 cm³/mol. The van der Waals surface area contributed by atoms with Gasteiger partial charge in [-0.15, -0.1) is 0 Å². The lowest BCUT2D eigenvalue weighted by atomic mass is 9.90. The Morgan fingerprint density at radius 2 is 1.50 bits per heavy atom. The van der Waals surface area contributed by atoms with Gasteiger partial charge in [0.2, 0.25) is 23.3 Å². The molecule has 0 aliphatic heterocycles. The van der Waals surface area contributed by atoms with Crippen molar-refractivity contribution in [1.29, 1.82) is 0 Å². The zero-order chi connectivity index (χ0) is 20.1. The van der Waals surface area contributed by atoms with Crippen LogP contribution in [-0.2, 0) is 9.59 Å². The van der Waals surface area contributed by atoms with Crippen molar-refractivity contribution in [1.82, 2.24) is 5.32 Å². The highest BCUT2D eigenvalue weighted by Crippen LogP contribution is 2.29. The first-order valence-electron chi connectivity index (χ1n) is 8.24. The van der Waals surface area contributed by atoms with Gasteiger partial charge < -0.3 is 10.1 Å². The molecule has 0 atom stereocenters. The van der Waals surface area contributed by atoms with E-state index in [0.717, 1.165) is 19.8 Å². The summed E-state index contributed by atoms with van der Waals surface area (Å²) in [6.45, 7) is 7.46. The molecule has 1 rings (SSSR count). The Morgan fingerprint density at radius 1 is 0.962 bits per heavy atom. The second-order valence-corrected chi connectivity index (χ2v) is 7.23. The summed E-state index contributed by atoms with van der Waals surface area (Å²) >= 11 is 0. The van der Waals surface area contributed by atoms with E-state index in [4.69, 9.17) is 0 Å². The van der Waals surface area contributed by atoms with Crippen LogP contribution in [0.25, 0.3) is 0 Å².